The first-order valence-corrected chi connectivity index (χ1v) is 3.93. The highest BCUT2D eigenvalue weighted by Crippen LogP contribution is 2.26. The smallest absolute Gasteiger partial charge is 0.160 e. The Kier molecular flexibility index (Phi) is 3.11. The van der Waals surface area contributed by atoms with E-state index in [1.54, 1.807) is 12.1 Å². The molecule has 0 saturated carbocycles. The molecule has 0 bridgehead atoms. The SMILES string of the molecule is COc1cc(CC(N)O)ccc1O. The van der Waals surface area contributed by atoms with Crippen LogP contribution in [0, 0.1) is 0 Å². The highest BCUT2D eigenvalue weighted by Gasteiger charge is 2.04. The predicted octanol–water partition coefficient (Wildman–Crippen LogP) is 0.220. The third-order valence-electron chi connectivity index (χ3n) is 1.69. The number of aliphatic hydroxyl groups excluding tert-OH is 1. The molecular weight excluding hydrogens is 170 g/mol. The molecule has 1 rings (SSSR count). The summed E-state index contributed by atoms with van der Waals surface area (Å²) in [5, 5.41) is 18.2. The fourth-order valence-electron chi connectivity index (χ4n) is 1.09. The summed E-state index contributed by atoms with van der Waals surface area (Å²) in [5.41, 5.74) is 6.03. The standard InChI is InChI=1S/C9H13NO3/c1-13-8-4-6(5-9(10)12)2-3-7(8)11/h2-4,9,11-12H,5,10H2,1H3. The van der Waals surface area contributed by atoms with Gasteiger partial charge >= 0.3 is 0 Å². The van der Waals surface area contributed by atoms with Gasteiger partial charge in [-0.15, -0.1) is 0 Å². The molecule has 1 atom stereocenters. The Bertz CT molecular complexity index is 286. The van der Waals surface area contributed by atoms with Crippen molar-refractivity contribution in [3.8, 4) is 11.5 Å². The Morgan fingerprint density at radius 2 is 2.23 bits per heavy atom. The highest BCUT2D eigenvalue weighted by molar-refractivity contribution is 5.41. The van der Waals surface area contributed by atoms with E-state index in [4.69, 9.17) is 15.6 Å². The van der Waals surface area contributed by atoms with E-state index in [-0.39, 0.29) is 5.75 Å². The molecule has 4 nitrogen and oxygen atoms in total. The van der Waals surface area contributed by atoms with Crippen molar-refractivity contribution in [3.05, 3.63) is 23.8 Å². The van der Waals surface area contributed by atoms with E-state index in [9.17, 15) is 5.11 Å². The zero-order valence-electron chi connectivity index (χ0n) is 7.40. The minimum atomic E-state index is -0.880. The van der Waals surface area contributed by atoms with Crippen molar-refractivity contribution in [3.63, 3.8) is 0 Å². The summed E-state index contributed by atoms with van der Waals surface area (Å²) in [6.07, 6.45) is -0.536. The molecule has 13 heavy (non-hydrogen) atoms. The Labute approximate surface area is 76.6 Å². The Morgan fingerprint density at radius 3 is 2.77 bits per heavy atom. The van der Waals surface area contributed by atoms with Crippen LogP contribution in [0.25, 0.3) is 0 Å². The molecule has 0 aliphatic rings. The van der Waals surface area contributed by atoms with Crippen molar-refractivity contribution in [1.82, 2.24) is 0 Å². The van der Waals surface area contributed by atoms with Gasteiger partial charge in [0.25, 0.3) is 0 Å². The molecule has 1 unspecified atom stereocenters. The molecule has 0 radical (unpaired) electrons. The summed E-state index contributed by atoms with van der Waals surface area (Å²) < 4.78 is 4.89. The molecule has 1 aromatic rings. The highest BCUT2D eigenvalue weighted by atomic mass is 16.5. The summed E-state index contributed by atoms with van der Waals surface area (Å²) in [4.78, 5) is 0. The van der Waals surface area contributed by atoms with Crippen molar-refractivity contribution < 1.29 is 14.9 Å². The monoisotopic (exact) mass is 183 g/mol. The van der Waals surface area contributed by atoms with Gasteiger partial charge in [0.05, 0.1) is 7.11 Å². The maximum absolute atomic E-state index is 9.25. The van der Waals surface area contributed by atoms with Crippen LogP contribution in [0.1, 0.15) is 5.56 Å². The second-order valence-electron chi connectivity index (χ2n) is 2.78. The summed E-state index contributed by atoms with van der Waals surface area (Å²) in [7, 11) is 1.47. The summed E-state index contributed by atoms with van der Waals surface area (Å²) in [6, 6.07) is 4.84. The predicted molar refractivity (Wildman–Crippen MR) is 48.6 cm³/mol. The molecule has 0 spiro atoms. The number of methoxy groups -OCH3 is 1. The van der Waals surface area contributed by atoms with Gasteiger partial charge in [-0.2, -0.15) is 0 Å². The number of aromatic hydroxyl groups is 1. The van der Waals surface area contributed by atoms with Crippen LogP contribution >= 0.6 is 0 Å². The van der Waals surface area contributed by atoms with Crippen LogP contribution in [-0.2, 0) is 6.42 Å². The molecule has 0 aromatic heterocycles. The average molecular weight is 183 g/mol. The van der Waals surface area contributed by atoms with Crippen molar-refractivity contribution in [2.75, 3.05) is 7.11 Å². The van der Waals surface area contributed by atoms with Gasteiger partial charge in [0.2, 0.25) is 0 Å². The largest absolute Gasteiger partial charge is 0.504 e. The van der Waals surface area contributed by atoms with Crippen molar-refractivity contribution >= 4 is 0 Å². The van der Waals surface area contributed by atoms with Gasteiger partial charge in [-0.25, -0.2) is 0 Å². The number of hydrogen-bond acceptors (Lipinski definition) is 4. The summed E-state index contributed by atoms with van der Waals surface area (Å²) >= 11 is 0. The van der Waals surface area contributed by atoms with Crippen molar-refractivity contribution in [2.24, 2.45) is 5.73 Å². The molecule has 0 heterocycles. The molecule has 4 N–H and O–H groups in total. The van der Waals surface area contributed by atoms with Crippen LogP contribution < -0.4 is 10.5 Å². The Balaban J connectivity index is 2.86. The first kappa shape index (κ1) is 9.83. The maximum atomic E-state index is 9.25. The van der Waals surface area contributed by atoms with E-state index in [0.717, 1.165) is 5.56 Å². The second kappa shape index (κ2) is 4.11. The van der Waals surface area contributed by atoms with Crippen LogP contribution in [-0.4, -0.2) is 23.6 Å². The van der Waals surface area contributed by atoms with Crippen LogP contribution in [0.2, 0.25) is 0 Å². The minimum Gasteiger partial charge on any atom is -0.504 e. The van der Waals surface area contributed by atoms with E-state index in [1.165, 1.54) is 13.2 Å². The van der Waals surface area contributed by atoms with Gasteiger partial charge in [-0.05, 0) is 17.7 Å². The van der Waals surface area contributed by atoms with E-state index >= 15 is 0 Å². The average Bonchev–Trinajstić information content (AvgIpc) is 2.07. The lowest BCUT2D eigenvalue weighted by molar-refractivity contribution is 0.183. The summed E-state index contributed by atoms with van der Waals surface area (Å²) in [5.74, 6) is 0.468. The lowest BCUT2D eigenvalue weighted by atomic mass is 10.1. The number of ether oxygens (including phenoxy) is 1. The zero-order valence-corrected chi connectivity index (χ0v) is 7.40. The van der Waals surface area contributed by atoms with Crippen LogP contribution in [0.15, 0.2) is 18.2 Å². The molecule has 0 aliphatic heterocycles. The molecule has 0 amide bonds. The fraction of sp³-hybridized carbons (Fsp3) is 0.333. The third kappa shape index (κ3) is 2.61. The molecule has 0 fully saturated rings. The normalized spacial score (nSPS) is 12.5. The summed E-state index contributed by atoms with van der Waals surface area (Å²) in [6.45, 7) is 0. The van der Waals surface area contributed by atoms with E-state index in [0.29, 0.717) is 12.2 Å². The van der Waals surface area contributed by atoms with Gasteiger partial charge in [0, 0.05) is 6.42 Å². The van der Waals surface area contributed by atoms with Crippen molar-refractivity contribution in [2.45, 2.75) is 12.6 Å². The number of phenolic OH excluding ortho intramolecular Hbond substituents is 1. The van der Waals surface area contributed by atoms with Gasteiger partial charge in [-0.1, -0.05) is 6.07 Å². The molecule has 4 heteroatoms. The van der Waals surface area contributed by atoms with Gasteiger partial charge < -0.3 is 20.7 Å². The topological polar surface area (TPSA) is 75.7 Å². The molecule has 1 aromatic carbocycles. The maximum Gasteiger partial charge on any atom is 0.160 e. The van der Waals surface area contributed by atoms with Gasteiger partial charge in [-0.3, -0.25) is 0 Å². The molecule has 0 saturated heterocycles. The second-order valence-corrected chi connectivity index (χ2v) is 2.78. The first-order chi connectivity index (χ1) is 6.13. The van der Waals surface area contributed by atoms with E-state index < -0.39 is 6.23 Å². The molecule has 72 valence electrons. The molecular formula is C9H13NO3. The Morgan fingerprint density at radius 1 is 1.54 bits per heavy atom. The van der Waals surface area contributed by atoms with Gasteiger partial charge in [0.15, 0.2) is 11.5 Å². The van der Waals surface area contributed by atoms with Crippen LogP contribution in [0.3, 0.4) is 0 Å². The van der Waals surface area contributed by atoms with Crippen LogP contribution in [0.5, 0.6) is 11.5 Å². The Hall–Kier alpha value is -1.26. The minimum absolute atomic E-state index is 0.0813. The molecule has 0 aliphatic carbocycles. The number of rotatable bonds is 3. The van der Waals surface area contributed by atoms with E-state index in [1.807, 2.05) is 0 Å². The lowest BCUT2D eigenvalue weighted by Gasteiger charge is -2.07. The zero-order chi connectivity index (χ0) is 9.84. The van der Waals surface area contributed by atoms with E-state index in [2.05, 4.69) is 0 Å². The number of hydrogen-bond donors (Lipinski definition) is 3. The number of benzene rings is 1. The van der Waals surface area contributed by atoms with Gasteiger partial charge in [0.1, 0.15) is 6.23 Å². The quantitative estimate of drug-likeness (QED) is 0.586. The fourth-order valence-corrected chi connectivity index (χ4v) is 1.09. The third-order valence-corrected chi connectivity index (χ3v) is 1.69. The number of aliphatic hydroxyl groups is 1. The lowest BCUT2D eigenvalue weighted by Crippen LogP contribution is -2.21. The number of nitrogens with two attached hydrogens (primary N) is 1. The van der Waals surface area contributed by atoms with Crippen molar-refractivity contribution in [1.29, 1.82) is 0 Å². The van der Waals surface area contributed by atoms with Crippen LogP contribution in [0.4, 0.5) is 0 Å². The number of phenols is 1. The first-order valence-electron chi connectivity index (χ1n) is 3.93.